The Hall–Kier alpha value is -1.69. The number of ether oxygens (including phenoxy) is 2. The Labute approximate surface area is 128 Å². The Bertz CT molecular complexity index is 602. The Balaban J connectivity index is 2.19. The largest absolute Gasteiger partial charge is 0.494 e. The molecule has 2 aromatic carbocycles. The number of benzene rings is 2. The summed E-state index contributed by atoms with van der Waals surface area (Å²) in [6.07, 6.45) is 0. The van der Waals surface area contributed by atoms with Gasteiger partial charge in [-0.05, 0) is 35.4 Å². The van der Waals surface area contributed by atoms with E-state index in [9.17, 15) is 13.2 Å². The topological polar surface area (TPSA) is 18.5 Å². The van der Waals surface area contributed by atoms with E-state index in [4.69, 9.17) is 4.74 Å². The van der Waals surface area contributed by atoms with E-state index in [2.05, 4.69) is 20.7 Å². The van der Waals surface area contributed by atoms with E-state index in [1.54, 1.807) is 18.2 Å². The molecular formula is C15H12BrF3O2. The molecule has 0 saturated heterocycles. The first-order valence-corrected chi connectivity index (χ1v) is 6.95. The van der Waals surface area contributed by atoms with E-state index in [-0.39, 0.29) is 16.3 Å². The summed E-state index contributed by atoms with van der Waals surface area (Å²) in [7, 11) is 1.39. The molecule has 0 aliphatic heterocycles. The molecule has 0 spiro atoms. The van der Waals surface area contributed by atoms with Gasteiger partial charge in [0.2, 0.25) is 0 Å². The zero-order valence-electron chi connectivity index (χ0n) is 11.0. The van der Waals surface area contributed by atoms with Gasteiger partial charge in [-0.3, -0.25) is 0 Å². The molecule has 2 aromatic rings. The van der Waals surface area contributed by atoms with Gasteiger partial charge in [0.25, 0.3) is 0 Å². The minimum Gasteiger partial charge on any atom is -0.494 e. The number of hydrogen-bond donors (Lipinski definition) is 0. The summed E-state index contributed by atoms with van der Waals surface area (Å²) in [5.74, 6) is -0.217. The van der Waals surface area contributed by atoms with E-state index in [0.29, 0.717) is 5.56 Å². The van der Waals surface area contributed by atoms with Crippen molar-refractivity contribution in [3.63, 3.8) is 0 Å². The van der Waals surface area contributed by atoms with E-state index in [0.717, 1.165) is 5.56 Å². The van der Waals surface area contributed by atoms with Crippen LogP contribution < -0.4 is 9.47 Å². The van der Waals surface area contributed by atoms with Crippen molar-refractivity contribution in [2.24, 2.45) is 0 Å². The Morgan fingerprint density at radius 2 is 1.62 bits per heavy atom. The van der Waals surface area contributed by atoms with Crippen LogP contribution in [0, 0.1) is 5.82 Å². The minimum atomic E-state index is -2.86. The maximum absolute atomic E-state index is 13.7. The van der Waals surface area contributed by atoms with Crippen molar-refractivity contribution in [1.82, 2.24) is 0 Å². The lowest BCUT2D eigenvalue weighted by molar-refractivity contribution is -0.0498. The van der Waals surface area contributed by atoms with Gasteiger partial charge in [0.1, 0.15) is 5.75 Å². The van der Waals surface area contributed by atoms with Crippen molar-refractivity contribution in [3.8, 4) is 11.5 Å². The van der Waals surface area contributed by atoms with Crippen molar-refractivity contribution in [1.29, 1.82) is 0 Å². The summed E-state index contributed by atoms with van der Waals surface area (Å²) >= 11 is 3.45. The fourth-order valence-corrected chi connectivity index (χ4v) is 2.44. The van der Waals surface area contributed by atoms with Gasteiger partial charge in [0, 0.05) is 0 Å². The lowest BCUT2D eigenvalue weighted by atomic mass is 10.0. The average Bonchev–Trinajstić information content (AvgIpc) is 2.46. The van der Waals surface area contributed by atoms with Crippen LogP contribution in [-0.2, 0) is 0 Å². The van der Waals surface area contributed by atoms with E-state index < -0.39 is 12.4 Å². The van der Waals surface area contributed by atoms with Gasteiger partial charge < -0.3 is 9.47 Å². The van der Waals surface area contributed by atoms with E-state index >= 15 is 0 Å². The quantitative estimate of drug-likeness (QED) is 0.704. The summed E-state index contributed by atoms with van der Waals surface area (Å²) < 4.78 is 47.0. The van der Waals surface area contributed by atoms with Crippen LogP contribution in [-0.4, -0.2) is 13.7 Å². The molecule has 0 saturated carbocycles. The molecule has 0 amide bonds. The second-order valence-corrected chi connectivity index (χ2v) is 5.12. The predicted octanol–water partition coefficient (Wildman–Crippen LogP) is 4.92. The molecule has 0 fully saturated rings. The third-order valence-electron chi connectivity index (χ3n) is 2.87. The number of rotatable bonds is 5. The SMILES string of the molecule is COc1ccc(C(Br)c2ccc(OC(F)F)cc2)cc1F. The van der Waals surface area contributed by atoms with Gasteiger partial charge >= 0.3 is 6.61 Å². The molecule has 1 atom stereocenters. The van der Waals surface area contributed by atoms with Gasteiger partial charge in [-0.2, -0.15) is 8.78 Å². The normalized spacial score (nSPS) is 12.3. The lowest BCUT2D eigenvalue weighted by Gasteiger charge is -2.13. The molecule has 21 heavy (non-hydrogen) atoms. The Morgan fingerprint density at radius 1 is 1.00 bits per heavy atom. The van der Waals surface area contributed by atoms with Gasteiger partial charge in [-0.25, -0.2) is 4.39 Å². The van der Waals surface area contributed by atoms with Gasteiger partial charge in [0.15, 0.2) is 11.6 Å². The van der Waals surface area contributed by atoms with Crippen LogP contribution in [0.5, 0.6) is 11.5 Å². The van der Waals surface area contributed by atoms with Crippen molar-refractivity contribution in [2.75, 3.05) is 7.11 Å². The third-order valence-corrected chi connectivity index (χ3v) is 3.92. The Kier molecular flexibility index (Phi) is 5.12. The standard InChI is InChI=1S/C15H12BrF3O2/c1-20-13-7-4-10(8-12(13)17)14(16)9-2-5-11(6-3-9)21-15(18)19/h2-8,14-15H,1H3. The molecule has 0 aromatic heterocycles. The zero-order valence-corrected chi connectivity index (χ0v) is 12.6. The van der Waals surface area contributed by atoms with Crippen molar-refractivity contribution in [3.05, 3.63) is 59.4 Å². The minimum absolute atomic E-state index is 0.0781. The van der Waals surface area contributed by atoms with Crippen molar-refractivity contribution >= 4 is 15.9 Å². The highest BCUT2D eigenvalue weighted by Crippen LogP contribution is 2.33. The summed E-state index contributed by atoms with van der Waals surface area (Å²) in [6.45, 7) is -2.86. The van der Waals surface area contributed by atoms with Gasteiger partial charge in [-0.15, -0.1) is 0 Å². The highest BCUT2D eigenvalue weighted by molar-refractivity contribution is 9.09. The second kappa shape index (κ2) is 6.85. The first kappa shape index (κ1) is 15.7. The van der Waals surface area contributed by atoms with Crippen molar-refractivity contribution < 1.29 is 22.6 Å². The highest BCUT2D eigenvalue weighted by Gasteiger charge is 2.14. The molecular weight excluding hydrogens is 349 g/mol. The number of hydrogen-bond acceptors (Lipinski definition) is 2. The molecule has 0 bridgehead atoms. The lowest BCUT2D eigenvalue weighted by Crippen LogP contribution is -2.02. The molecule has 0 N–H and O–H groups in total. The maximum atomic E-state index is 13.7. The molecule has 0 radical (unpaired) electrons. The molecule has 2 rings (SSSR count). The number of methoxy groups -OCH3 is 1. The summed E-state index contributed by atoms with van der Waals surface area (Å²) in [5.41, 5.74) is 1.48. The molecule has 0 aliphatic rings. The molecule has 6 heteroatoms. The summed E-state index contributed by atoms with van der Waals surface area (Å²) in [6, 6.07) is 10.8. The summed E-state index contributed by atoms with van der Waals surface area (Å²) in [5, 5.41) is 0. The third kappa shape index (κ3) is 3.91. The van der Waals surface area contributed by atoms with Crippen LogP contribution in [0.1, 0.15) is 16.0 Å². The van der Waals surface area contributed by atoms with E-state index in [1.165, 1.54) is 31.4 Å². The number of halogens is 4. The molecule has 2 nitrogen and oxygen atoms in total. The van der Waals surface area contributed by atoms with Crippen LogP contribution in [0.25, 0.3) is 0 Å². The molecule has 0 heterocycles. The summed E-state index contributed by atoms with van der Waals surface area (Å²) in [4.78, 5) is -0.265. The Morgan fingerprint density at radius 3 is 2.14 bits per heavy atom. The van der Waals surface area contributed by atoms with Crippen LogP contribution in [0.2, 0.25) is 0 Å². The maximum Gasteiger partial charge on any atom is 0.387 e. The number of alkyl halides is 3. The van der Waals surface area contributed by atoms with Gasteiger partial charge in [0.05, 0.1) is 11.9 Å². The fraction of sp³-hybridized carbons (Fsp3) is 0.200. The van der Waals surface area contributed by atoms with Crippen LogP contribution in [0.15, 0.2) is 42.5 Å². The fourth-order valence-electron chi connectivity index (χ4n) is 1.85. The first-order valence-electron chi connectivity index (χ1n) is 6.03. The highest BCUT2D eigenvalue weighted by atomic mass is 79.9. The van der Waals surface area contributed by atoms with Crippen LogP contribution in [0.3, 0.4) is 0 Å². The monoisotopic (exact) mass is 360 g/mol. The zero-order chi connectivity index (χ0) is 15.4. The van der Waals surface area contributed by atoms with E-state index in [1.807, 2.05) is 0 Å². The van der Waals surface area contributed by atoms with Crippen molar-refractivity contribution in [2.45, 2.75) is 11.4 Å². The molecule has 1 unspecified atom stereocenters. The molecule has 112 valence electrons. The smallest absolute Gasteiger partial charge is 0.387 e. The average molecular weight is 361 g/mol. The van der Waals surface area contributed by atoms with Crippen LogP contribution >= 0.6 is 15.9 Å². The second-order valence-electron chi connectivity index (χ2n) is 4.20. The predicted molar refractivity (Wildman–Crippen MR) is 76.8 cm³/mol. The first-order chi connectivity index (χ1) is 10.0. The van der Waals surface area contributed by atoms with Gasteiger partial charge in [-0.1, -0.05) is 34.1 Å². The molecule has 0 aliphatic carbocycles. The van der Waals surface area contributed by atoms with Crippen LogP contribution in [0.4, 0.5) is 13.2 Å².